The van der Waals surface area contributed by atoms with Crippen LogP contribution in [0.25, 0.3) is 16.6 Å². The number of aromatic nitrogens is 4. The van der Waals surface area contributed by atoms with E-state index < -0.39 is 17.3 Å². The van der Waals surface area contributed by atoms with E-state index in [-0.39, 0.29) is 22.8 Å². The Bertz CT molecular complexity index is 1220. The van der Waals surface area contributed by atoms with Crippen LogP contribution < -0.4 is 10.9 Å². The van der Waals surface area contributed by atoms with E-state index in [0.717, 1.165) is 12.8 Å². The number of aryl methyl sites for hydroxylation is 1. The van der Waals surface area contributed by atoms with Crippen LogP contribution in [-0.4, -0.2) is 31.8 Å². The first-order valence-electron chi connectivity index (χ1n) is 8.94. The molecular formula is C20H18FN5O2. The molecule has 0 fully saturated rings. The Hall–Kier alpha value is -3.55. The van der Waals surface area contributed by atoms with Crippen molar-refractivity contribution in [2.75, 3.05) is 0 Å². The standard InChI is InChI=1S/C20H18FN5O2/c1-12(7-8-13-5-3-2-4-6-13)22-19(27)17-18-20(28)23-15-11-14(21)9-10-16(15)26(18)25-24-17/h2-6,9-12H,7-8H2,1H3,(H,22,27)(H,23,28)/t12-/m1/s1. The van der Waals surface area contributed by atoms with Crippen LogP contribution in [-0.2, 0) is 6.42 Å². The zero-order chi connectivity index (χ0) is 19.7. The molecule has 8 heteroatoms. The summed E-state index contributed by atoms with van der Waals surface area (Å²) in [6.07, 6.45) is 1.56. The van der Waals surface area contributed by atoms with Gasteiger partial charge in [0.15, 0.2) is 11.2 Å². The van der Waals surface area contributed by atoms with E-state index >= 15 is 0 Å². The summed E-state index contributed by atoms with van der Waals surface area (Å²) in [7, 11) is 0. The van der Waals surface area contributed by atoms with Crippen molar-refractivity contribution in [2.24, 2.45) is 0 Å². The predicted octanol–water partition coefficient (Wildman–Crippen LogP) is 2.46. The molecule has 2 aromatic heterocycles. The lowest BCUT2D eigenvalue weighted by atomic mass is 10.1. The van der Waals surface area contributed by atoms with Crippen LogP contribution in [0.5, 0.6) is 0 Å². The highest BCUT2D eigenvalue weighted by molar-refractivity contribution is 5.99. The van der Waals surface area contributed by atoms with Crippen LogP contribution in [0.4, 0.5) is 4.39 Å². The number of aromatic amines is 1. The molecule has 2 N–H and O–H groups in total. The number of hydrogen-bond donors (Lipinski definition) is 2. The summed E-state index contributed by atoms with van der Waals surface area (Å²) in [6.45, 7) is 1.90. The van der Waals surface area contributed by atoms with Gasteiger partial charge in [-0.25, -0.2) is 8.91 Å². The number of fused-ring (bicyclic) bond motifs is 3. The summed E-state index contributed by atoms with van der Waals surface area (Å²) in [5, 5.41) is 10.7. The van der Waals surface area contributed by atoms with Crippen molar-refractivity contribution in [3.8, 4) is 0 Å². The largest absolute Gasteiger partial charge is 0.348 e. The number of H-pyrrole nitrogens is 1. The monoisotopic (exact) mass is 379 g/mol. The van der Waals surface area contributed by atoms with Gasteiger partial charge in [0.1, 0.15) is 5.82 Å². The van der Waals surface area contributed by atoms with E-state index in [9.17, 15) is 14.0 Å². The number of nitrogens with one attached hydrogen (secondary N) is 2. The SMILES string of the molecule is C[C@H](CCc1ccccc1)NC(=O)c1nnn2c1c(=O)[nH]c1cc(F)ccc12. The van der Waals surface area contributed by atoms with Gasteiger partial charge in [0.05, 0.1) is 11.0 Å². The average Bonchev–Trinajstić information content (AvgIpc) is 3.13. The highest BCUT2D eigenvalue weighted by atomic mass is 19.1. The lowest BCUT2D eigenvalue weighted by Gasteiger charge is -2.13. The molecule has 2 heterocycles. The van der Waals surface area contributed by atoms with Crippen molar-refractivity contribution in [1.29, 1.82) is 0 Å². The summed E-state index contributed by atoms with van der Waals surface area (Å²) in [5.41, 5.74) is 1.36. The minimum atomic E-state index is -0.551. The van der Waals surface area contributed by atoms with Gasteiger partial charge in [-0.2, -0.15) is 0 Å². The van der Waals surface area contributed by atoms with Gasteiger partial charge < -0.3 is 10.3 Å². The van der Waals surface area contributed by atoms with Crippen molar-refractivity contribution < 1.29 is 9.18 Å². The highest BCUT2D eigenvalue weighted by Gasteiger charge is 2.21. The topological polar surface area (TPSA) is 92.2 Å². The molecule has 0 saturated heterocycles. The molecule has 4 aromatic rings. The molecule has 2 aromatic carbocycles. The molecule has 28 heavy (non-hydrogen) atoms. The Balaban J connectivity index is 1.57. The second-order valence-electron chi connectivity index (χ2n) is 6.71. The predicted molar refractivity (Wildman–Crippen MR) is 103 cm³/mol. The van der Waals surface area contributed by atoms with E-state index in [2.05, 4.69) is 20.6 Å². The van der Waals surface area contributed by atoms with Gasteiger partial charge in [-0.3, -0.25) is 9.59 Å². The smallest absolute Gasteiger partial charge is 0.277 e. The fraction of sp³-hybridized carbons (Fsp3) is 0.200. The Morgan fingerprint density at radius 3 is 2.82 bits per heavy atom. The number of carbonyl (C=O) groups is 1. The number of hydrogen-bond acceptors (Lipinski definition) is 4. The molecule has 4 rings (SSSR count). The van der Waals surface area contributed by atoms with E-state index in [1.165, 1.54) is 28.3 Å². The number of nitrogens with zero attached hydrogens (tertiary/aromatic N) is 3. The quantitative estimate of drug-likeness (QED) is 0.557. The Labute approximate surface area is 159 Å². The van der Waals surface area contributed by atoms with Gasteiger partial charge >= 0.3 is 0 Å². The second-order valence-corrected chi connectivity index (χ2v) is 6.71. The molecule has 0 aliphatic heterocycles. The van der Waals surface area contributed by atoms with Gasteiger partial charge in [-0.1, -0.05) is 35.5 Å². The third-order valence-corrected chi connectivity index (χ3v) is 4.62. The third kappa shape index (κ3) is 3.36. The number of halogens is 1. The summed E-state index contributed by atoms with van der Waals surface area (Å²) in [6, 6.07) is 13.8. The lowest BCUT2D eigenvalue weighted by Crippen LogP contribution is -2.33. The van der Waals surface area contributed by atoms with Crippen molar-refractivity contribution in [3.05, 3.63) is 76.0 Å². The fourth-order valence-corrected chi connectivity index (χ4v) is 3.17. The first-order valence-corrected chi connectivity index (χ1v) is 8.94. The molecule has 1 atom stereocenters. The fourth-order valence-electron chi connectivity index (χ4n) is 3.17. The molecule has 0 aliphatic rings. The van der Waals surface area contributed by atoms with Gasteiger partial charge in [0, 0.05) is 6.04 Å². The van der Waals surface area contributed by atoms with Crippen molar-refractivity contribution in [1.82, 2.24) is 25.1 Å². The zero-order valence-electron chi connectivity index (χ0n) is 15.1. The maximum atomic E-state index is 13.4. The van der Waals surface area contributed by atoms with Crippen molar-refractivity contribution >= 4 is 22.5 Å². The number of carbonyl (C=O) groups excluding carboxylic acids is 1. The van der Waals surface area contributed by atoms with E-state index in [4.69, 9.17) is 0 Å². The van der Waals surface area contributed by atoms with Crippen LogP contribution in [0, 0.1) is 5.82 Å². The molecule has 0 aliphatic carbocycles. The van der Waals surface area contributed by atoms with Crippen LogP contribution in [0.3, 0.4) is 0 Å². The van der Waals surface area contributed by atoms with Crippen LogP contribution >= 0.6 is 0 Å². The summed E-state index contributed by atoms with van der Waals surface area (Å²) >= 11 is 0. The Morgan fingerprint density at radius 2 is 2.04 bits per heavy atom. The second kappa shape index (κ2) is 7.22. The Kier molecular flexibility index (Phi) is 4.60. The van der Waals surface area contributed by atoms with E-state index in [1.807, 2.05) is 37.3 Å². The molecule has 0 unspecified atom stereocenters. The average molecular weight is 379 g/mol. The molecule has 0 spiro atoms. The van der Waals surface area contributed by atoms with Crippen LogP contribution in [0.15, 0.2) is 53.3 Å². The van der Waals surface area contributed by atoms with Crippen molar-refractivity contribution in [2.45, 2.75) is 25.8 Å². The first-order chi connectivity index (χ1) is 13.5. The number of amides is 1. The molecule has 0 radical (unpaired) electrons. The highest BCUT2D eigenvalue weighted by Crippen LogP contribution is 2.14. The number of benzene rings is 2. The van der Waals surface area contributed by atoms with Gasteiger partial charge in [-0.15, -0.1) is 5.10 Å². The molecule has 142 valence electrons. The molecular weight excluding hydrogens is 361 g/mol. The zero-order valence-corrected chi connectivity index (χ0v) is 15.1. The van der Waals surface area contributed by atoms with Gasteiger partial charge in [0.25, 0.3) is 11.5 Å². The molecule has 7 nitrogen and oxygen atoms in total. The van der Waals surface area contributed by atoms with E-state index in [1.54, 1.807) is 0 Å². The van der Waals surface area contributed by atoms with Gasteiger partial charge in [-0.05, 0) is 43.5 Å². The maximum absolute atomic E-state index is 13.4. The summed E-state index contributed by atoms with van der Waals surface area (Å²) < 4.78 is 14.7. The summed E-state index contributed by atoms with van der Waals surface area (Å²) in [4.78, 5) is 27.7. The lowest BCUT2D eigenvalue weighted by molar-refractivity contribution is 0.0935. The van der Waals surface area contributed by atoms with Gasteiger partial charge in [0.2, 0.25) is 0 Å². The van der Waals surface area contributed by atoms with E-state index in [0.29, 0.717) is 5.52 Å². The van der Waals surface area contributed by atoms with Crippen LogP contribution in [0.2, 0.25) is 0 Å². The summed E-state index contributed by atoms with van der Waals surface area (Å²) in [5.74, 6) is -0.949. The van der Waals surface area contributed by atoms with Crippen molar-refractivity contribution in [3.63, 3.8) is 0 Å². The number of rotatable bonds is 5. The molecule has 0 bridgehead atoms. The minimum absolute atomic E-state index is 0.0341. The molecule has 1 amide bonds. The van der Waals surface area contributed by atoms with Crippen LogP contribution in [0.1, 0.15) is 29.4 Å². The minimum Gasteiger partial charge on any atom is -0.348 e. The normalized spacial score (nSPS) is 12.4. The third-order valence-electron chi connectivity index (χ3n) is 4.62. The maximum Gasteiger partial charge on any atom is 0.277 e. The molecule has 0 saturated carbocycles. The Morgan fingerprint density at radius 1 is 1.25 bits per heavy atom. The first kappa shape index (κ1) is 17.8.